The maximum absolute atomic E-state index is 5.85. The molecule has 0 radical (unpaired) electrons. The average Bonchev–Trinajstić information content (AvgIpc) is 2.81. The van der Waals surface area contributed by atoms with Crippen LogP contribution in [0.1, 0.15) is 29.3 Å². The lowest BCUT2D eigenvalue weighted by atomic mass is 10.3. The number of hydrogen-bond donors (Lipinski definition) is 1. The smallest absolute Gasteiger partial charge is 0.201 e. The highest BCUT2D eigenvalue weighted by Crippen LogP contribution is 2.46. The minimum atomic E-state index is 0.638. The van der Waals surface area contributed by atoms with Gasteiger partial charge in [-0.15, -0.1) is 11.3 Å². The number of anilines is 1. The van der Waals surface area contributed by atoms with Crippen molar-refractivity contribution in [3.05, 3.63) is 10.6 Å². The second-order valence-corrected chi connectivity index (χ2v) is 4.80. The molecule has 2 aromatic heterocycles. The summed E-state index contributed by atoms with van der Waals surface area (Å²) in [5.74, 6) is 0.638. The molecule has 2 heterocycles. The third-order valence-corrected chi connectivity index (χ3v) is 3.64. The first-order chi connectivity index (χ1) is 6.27. The van der Waals surface area contributed by atoms with Crippen LogP contribution in [0.2, 0.25) is 0 Å². The molecule has 1 aliphatic carbocycles. The summed E-state index contributed by atoms with van der Waals surface area (Å²) in [5, 5.41) is 4.07. The lowest BCUT2D eigenvalue weighted by Gasteiger charge is -1.85. The molecule has 1 fully saturated rings. The predicted molar refractivity (Wildman–Crippen MR) is 53.0 cm³/mol. The van der Waals surface area contributed by atoms with Crippen LogP contribution in [-0.2, 0) is 0 Å². The first-order valence-corrected chi connectivity index (χ1v) is 5.23. The van der Waals surface area contributed by atoms with Crippen LogP contribution in [0.4, 0.5) is 5.69 Å². The maximum atomic E-state index is 5.85. The Labute approximate surface area is 79.5 Å². The normalized spacial score (nSPS) is 17.0. The summed E-state index contributed by atoms with van der Waals surface area (Å²) in [5.41, 5.74) is 8.53. The zero-order valence-corrected chi connectivity index (χ0v) is 8.15. The first kappa shape index (κ1) is 7.38. The van der Waals surface area contributed by atoms with Gasteiger partial charge in [0, 0.05) is 10.8 Å². The maximum Gasteiger partial charge on any atom is 0.201 e. The topological polar surface area (TPSA) is 52.0 Å². The quantitative estimate of drug-likeness (QED) is 0.759. The molecule has 3 nitrogen and oxygen atoms in total. The second kappa shape index (κ2) is 2.26. The van der Waals surface area contributed by atoms with Gasteiger partial charge in [0.05, 0.1) is 5.69 Å². The molecule has 2 aromatic rings. The van der Waals surface area contributed by atoms with Crippen LogP contribution < -0.4 is 5.73 Å². The van der Waals surface area contributed by atoms with E-state index in [1.165, 1.54) is 12.8 Å². The Kier molecular flexibility index (Phi) is 1.28. The van der Waals surface area contributed by atoms with Crippen LogP contribution in [0.3, 0.4) is 0 Å². The van der Waals surface area contributed by atoms with E-state index in [9.17, 15) is 0 Å². The van der Waals surface area contributed by atoms with Gasteiger partial charge in [0.15, 0.2) is 0 Å². The zero-order chi connectivity index (χ0) is 9.00. The number of fused-ring (bicyclic) bond motifs is 1. The molecular formula is C9H10N2OS. The number of thiophene rings is 1. The fourth-order valence-corrected chi connectivity index (χ4v) is 2.61. The van der Waals surface area contributed by atoms with Crippen molar-refractivity contribution in [3.63, 3.8) is 0 Å². The van der Waals surface area contributed by atoms with Crippen LogP contribution in [0, 0.1) is 6.92 Å². The third kappa shape index (κ3) is 0.920. The van der Waals surface area contributed by atoms with E-state index < -0.39 is 0 Å². The Balaban J connectivity index is 2.31. The van der Waals surface area contributed by atoms with Crippen molar-refractivity contribution in [1.82, 2.24) is 5.16 Å². The van der Waals surface area contributed by atoms with Crippen molar-refractivity contribution < 1.29 is 4.52 Å². The molecule has 0 spiro atoms. The van der Waals surface area contributed by atoms with E-state index in [0.29, 0.717) is 5.92 Å². The summed E-state index contributed by atoms with van der Waals surface area (Å²) in [6, 6.07) is 0. The number of aryl methyl sites for hydroxylation is 1. The molecule has 0 aromatic carbocycles. The Hall–Kier alpha value is -1.03. The van der Waals surface area contributed by atoms with E-state index in [-0.39, 0.29) is 0 Å². The molecule has 3 rings (SSSR count). The SMILES string of the molecule is Cc1sc2c(C3CC3)noc2c1N. The van der Waals surface area contributed by atoms with E-state index >= 15 is 0 Å². The largest absolute Gasteiger partial charge is 0.395 e. The molecule has 1 saturated carbocycles. The van der Waals surface area contributed by atoms with Gasteiger partial charge in [-0.2, -0.15) is 0 Å². The standard InChI is InChI=1S/C9H10N2OS/c1-4-6(10)8-9(13-4)7(11-12-8)5-2-3-5/h5H,2-3,10H2,1H3. The van der Waals surface area contributed by atoms with Crippen molar-refractivity contribution in [2.24, 2.45) is 0 Å². The third-order valence-electron chi connectivity index (χ3n) is 2.52. The van der Waals surface area contributed by atoms with Gasteiger partial charge in [0.2, 0.25) is 5.58 Å². The summed E-state index contributed by atoms with van der Waals surface area (Å²) in [6.45, 7) is 2.02. The number of hydrogen-bond acceptors (Lipinski definition) is 4. The van der Waals surface area contributed by atoms with Crippen LogP contribution >= 0.6 is 11.3 Å². The van der Waals surface area contributed by atoms with Gasteiger partial charge in [-0.3, -0.25) is 0 Å². The summed E-state index contributed by atoms with van der Waals surface area (Å²) < 4.78 is 6.40. The van der Waals surface area contributed by atoms with E-state index in [2.05, 4.69) is 5.16 Å². The highest BCUT2D eigenvalue weighted by atomic mass is 32.1. The lowest BCUT2D eigenvalue weighted by molar-refractivity contribution is 0.447. The van der Waals surface area contributed by atoms with E-state index in [4.69, 9.17) is 10.3 Å². The van der Waals surface area contributed by atoms with Crippen LogP contribution in [0.15, 0.2) is 4.52 Å². The Bertz CT molecular complexity index is 467. The molecule has 13 heavy (non-hydrogen) atoms. The van der Waals surface area contributed by atoms with Crippen LogP contribution in [-0.4, -0.2) is 5.16 Å². The number of nitrogens with two attached hydrogens (primary N) is 1. The van der Waals surface area contributed by atoms with E-state index in [1.807, 2.05) is 6.92 Å². The molecule has 0 amide bonds. The minimum Gasteiger partial charge on any atom is -0.395 e. The summed E-state index contributed by atoms with van der Waals surface area (Å²) in [7, 11) is 0. The number of aromatic nitrogens is 1. The van der Waals surface area contributed by atoms with E-state index in [1.54, 1.807) is 11.3 Å². The van der Waals surface area contributed by atoms with Gasteiger partial charge in [-0.05, 0) is 19.8 Å². The van der Waals surface area contributed by atoms with Crippen molar-refractivity contribution in [3.8, 4) is 0 Å². The van der Waals surface area contributed by atoms with Gasteiger partial charge in [-0.25, -0.2) is 0 Å². The summed E-state index contributed by atoms with van der Waals surface area (Å²) in [6.07, 6.45) is 2.50. The first-order valence-electron chi connectivity index (χ1n) is 4.41. The van der Waals surface area contributed by atoms with Crippen molar-refractivity contribution in [2.75, 3.05) is 5.73 Å². The molecule has 0 aliphatic heterocycles. The van der Waals surface area contributed by atoms with Crippen LogP contribution in [0.25, 0.3) is 10.3 Å². The highest BCUT2D eigenvalue weighted by Gasteiger charge is 2.30. The van der Waals surface area contributed by atoms with Gasteiger partial charge in [0.25, 0.3) is 0 Å². The minimum absolute atomic E-state index is 0.638. The Morgan fingerprint density at radius 3 is 3.00 bits per heavy atom. The molecule has 0 atom stereocenters. The lowest BCUT2D eigenvalue weighted by Crippen LogP contribution is -1.81. The number of nitrogen functional groups attached to an aromatic ring is 1. The van der Waals surface area contributed by atoms with Gasteiger partial charge < -0.3 is 10.3 Å². The van der Waals surface area contributed by atoms with Crippen molar-refractivity contribution >= 4 is 27.3 Å². The van der Waals surface area contributed by atoms with Crippen LogP contribution in [0.5, 0.6) is 0 Å². The molecule has 4 heteroatoms. The molecule has 1 aliphatic rings. The molecule has 0 saturated heterocycles. The predicted octanol–water partition coefficient (Wildman–Crippen LogP) is 2.66. The number of nitrogens with zero attached hydrogens (tertiary/aromatic N) is 1. The number of rotatable bonds is 1. The molecule has 68 valence electrons. The summed E-state index contributed by atoms with van der Waals surface area (Å²) in [4.78, 5) is 1.14. The fraction of sp³-hybridized carbons (Fsp3) is 0.444. The van der Waals surface area contributed by atoms with E-state index in [0.717, 1.165) is 26.5 Å². The van der Waals surface area contributed by atoms with Crippen molar-refractivity contribution in [2.45, 2.75) is 25.7 Å². The molecular weight excluding hydrogens is 184 g/mol. The highest BCUT2D eigenvalue weighted by molar-refractivity contribution is 7.19. The van der Waals surface area contributed by atoms with Gasteiger partial charge in [-0.1, -0.05) is 5.16 Å². The van der Waals surface area contributed by atoms with Gasteiger partial charge in [0.1, 0.15) is 10.4 Å². The zero-order valence-electron chi connectivity index (χ0n) is 7.33. The molecule has 0 unspecified atom stereocenters. The monoisotopic (exact) mass is 194 g/mol. The average molecular weight is 194 g/mol. The molecule has 2 N–H and O–H groups in total. The Morgan fingerprint density at radius 2 is 2.31 bits per heavy atom. The summed E-state index contributed by atoms with van der Waals surface area (Å²) >= 11 is 1.70. The second-order valence-electron chi connectivity index (χ2n) is 3.57. The molecule has 0 bridgehead atoms. The van der Waals surface area contributed by atoms with Gasteiger partial charge >= 0.3 is 0 Å². The van der Waals surface area contributed by atoms with Crippen molar-refractivity contribution in [1.29, 1.82) is 0 Å². The fourth-order valence-electron chi connectivity index (χ4n) is 1.55. The Morgan fingerprint density at radius 1 is 1.54 bits per heavy atom.